The van der Waals surface area contributed by atoms with Gasteiger partial charge in [-0.1, -0.05) is 41.9 Å². The van der Waals surface area contributed by atoms with Crippen LogP contribution in [0.15, 0.2) is 53.4 Å². The largest absolute Gasteiger partial charge is 0.474 e. The molecule has 2 heterocycles. The van der Waals surface area contributed by atoms with Crippen molar-refractivity contribution in [2.24, 2.45) is 0 Å². The summed E-state index contributed by atoms with van der Waals surface area (Å²) in [4.78, 5) is 5.73. The summed E-state index contributed by atoms with van der Waals surface area (Å²) in [5.74, 6) is 0.498. The second-order valence-electron chi connectivity index (χ2n) is 6.20. The third kappa shape index (κ3) is 4.16. The van der Waals surface area contributed by atoms with E-state index < -0.39 is 9.84 Å². The highest BCUT2D eigenvalue weighted by atomic mass is 35.5. The molecule has 3 aromatic rings. The van der Waals surface area contributed by atoms with E-state index >= 15 is 0 Å². The zero-order valence-corrected chi connectivity index (χ0v) is 16.8. The van der Waals surface area contributed by atoms with Gasteiger partial charge in [0.2, 0.25) is 5.88 Å². The third-order valence-corrected chi connectivity index (χ3v) is 6.63. The summed E-state index contributed by atoms with van der Waals surface area (Å²) in [6.07, 6.45) is 1.30. The molecular weight excluding hydrogens is 406 g/mol. The van der Waals surface area contributed by atoms with Gasteiger partial charge in [-0.25, -0.2) is 13.4 Å². The highest BCUT2D eigenvalue weighted by molar-refractivity contribution is 7.90. The molecular formula is C19H16ClNO4S2. The van der Waals surface area contributed by atoms with Crippen LogP contribution in [0, 0.1) is 0 Å². The highest BCUT2D eigenvalue weighted by Gasteiger charge is 2.25. The van der Waals surface area contributed by atoms with Crippen molar-refractivity contribution < 1.29 is 17.9 Å². The Morgan fingerprint density at radius 1 is 1.22 bits per heavy atom. The molecule has 5 nitrogen and oxygen atoms in total. The van der Waals surface area contributed by atoms with Gasteiger partial charge in [0.25, 0.3) is 0 Å². The van der Waals surface area contributed by atoms with Gasteiger partial charge in [0.15, 0.2) is 9.84 Å². The molecule has 0 radical (unpaired) electrons. The van der Waals surface area contributed by atoms with E-state index in [1.54, 1.807) is 24.3 Å². The van der Waals surface area contributed by atoms with Gasteiger partial charge in [0, 0.05) is 11.8 Å². The van der Waals surface area contributed by atoms with Crippen molar-refractivity contribution in [3.8, 4) is 26.9 Å². The number of nitrogens with zero attached hydrogens (tertiary/aromatic N) is 1. The van der Waals surface area contributed by atoms with E-state index in [1.165, 1.54) is 17.6 Å². The minimum Gasteiger partial charge on any atom is -0.474 e. The first-order chi connectivity index (χ1) is 12.9. The molecule has 1 fully saturated rings. The molecule has 0 amide bonds. The number of aromatic nitrogens is 1. The first-order valence-electron chi connectivity index (χ1n) is 8.22. The van der Waals surface area contributed by atoms with Gasteiger partial charge in [-0.3, -0.25) is 0 Å². The smallest absolute Gasteiger partial charge is 0.233 e. The Bertz CT molecular complexity index is 1070. The van der Waals surface area contributed by atoms with Crippen LogP contribution in [-0.2, 0) is 14.6 Å². The molecule has 0 N–H and O–H groups in total. The van der Waals surface area contributed by atoms with Crippen molar-refractivity contribution in [3.05, 3.63) is 53.6 Å². The molecule has 1 saturated heterocycles. The van der Waals surface area contributed by atoms with Gasteiger partial charge in [-0.15, -0.1) is 11.3 Å². The maximum Gasteiger partial charge on any atom is 0.233 e. The molecule has 1 aliphatic heterocycles. The molecule has 27 heavy (non-hydrogen) atoms. The summed E-state index contributed by atoms with van der Waals surface area (Å²) in [6, 6.07) is 14.2. The molecule has 4 rings (SSSR count). The van der Waals surface area contributed by atoms with Crippen LogP contribution in [0.2, 0.25) is 5.02 Å². The van der Waals surface area contributed by atoms with Crippen molar-refractivity contribution in [1.29, 1.82) is 0 Å². The minimum absolute atomic E-state index is 0.107. The number of benzene rings is 2. The topological polar surface area (TPSA) is 68.8 Å². The zero-order valence-electron chi connectivity index (χ0n) is 14.4. The van der Waals surface area contributed by atoms with Gasteiger partial charge in [0.05, 0.1) is 21.4 Å². The zero-order chi connectivity index (χ0) is 19.0. The second-order valence-corrected chi connectivity index (χ2v) is 9.62. The monoisotopic (exact) mass is 421 g/mol. The fraction of sp³-hybridized carbons (Fsp3) is 0.211. The van der Waals surface area contributed by atoms with Crippen LogP contribution >= 0.6 is 22.9 Å². The van der Waals surface area contributed by atoms with Crippen LogP contribution in [0.1, 0.15) is 0 Å². The van der Waals surface area contributed by atoms with Crippen LogP contribution < -0.4 is 4.74 Å². The lowest BCUT2D eigenvalue weighted by Crippen LogP contribution is -2.05. The standard InChI is InChI=1S/C19H16ClNO4S2/c1-27(22,23)14-8-6-12(7-9-14)17-18(25-11-13-10-24-13)21-19(26-17)15-4-2-3-5-16(15)20/h2-9,13H,10-11H2,1H3. The fourth-order valence-corrected chi connectivity index (χ4v) is 4.49. The van der Waals surface area contributed by atoms with Crippen LogP contribution in [0.3, 0.4) is 0 Å². The molecule has 1 aliphatic rings. The summed E-state index contributed by atoms with van der Waals surface area (Å²) < 4.78 is 34.5. The lowest BCUT2D eigenvalue weighted by Gasteiger charge is -2.05. The Morgan fingerprint density at radius 3 is 2.56 bits per heavy atom. The molecule has 1 atom stereocenters. The van der Waals surface area contributed by atoms with Gasteiger partial charge >= 0.3 is 0 Å². The Labute approximate surface area is 166 Å². The Kier molecular flexibility index (Phi) is 4.94. The van der Waals surface area contributed by atoms with E-state index in [2.05, 4.69) is 4.98 Å². The number of epoxide rings is 1. The first kappa shape index (κ1) is 18.4. The average Bonchev–Trinajstić information content (AvgIpc) is 3.38. The van der Waals surface area contributed by atoms with Gasteiger partial charge < -0.3 is 9.47 Å². The molecule has 1 unspecified atom stereocenters. The Hall–Kier alpha value is -1.93. The summed E-state index contributed by atoms with van der Waals surface area (Å²) in [6.45, 7) is 1.13. The number of thiazole rings is 1. The SMILES string of the molecule is CS(=O)(=O)c1ccc(-c2sc(-c3ccccc3Cl)nc2OCC2CO2)cc1. The first-order valence-corrected chi connectivity index (χ1v) is 11.3. The van der Waals surface area contributed by atoms with E-state index in [0.29, 0.717) is 24.1 Å². The number of rotatable bonds is 6. The van der Waals surface area contributed by atoms with E-state index in [1.807, 2.05) is 24.3 Å². The molecule has 8 heteroatoms. The predicted molar refractivity (Wildman–Crippen MR) is 106 cm³/mol. The normalized spacial score (nSPS) is 16.3. The maximum atomic E-state index is 11.7. The Balaban J connectivity index is 1.74. The number of halogens is 1. The quantitative estimate of drug-likeness (QED) is 0.554. The maximum absolute atomic E-state index is 11.7. The summed E-state index contributed by atoms with van der Waals surface area (Å²) >= 11 is 7.77. The van der Waals surface area contributed by atoms with Crippen molar-refractivity contribution in [2.75, 3.05) is 19.5 Å². The molecule has 1 aromatic heterocycles. The predicted octanol–water partition coefficient (Wildman–Crippen LogP) is 4.31. The van der Waals surface area contributed by atoms with Crippen molar-refractivity contribution in [3.63, 3.8) is 0 Å². The van der Waals surface area contributed by atoms with Crippen LogP contribution in [-0.4, -0.2) is 39.0 Å². The van der Waals surface area contributed by atoms with Gasteiger partial charge in [-0.05, 0) is 23.8 Å². The molecule has 0 bridgehead atoms. The second kappa shape index (κ2) is 7.24. The lowest BCUT2D eigenvalue weighted by molar-refractivity contribution is 0.257. The molecule has 0 saturated carbocycles. The molecule has 0 spiro atoms. The van der Waals surface area contributed by atoms with E-state index in [-0.39, 0.29) is 11.0 Å². The fourth-order valence-electron chi connectivity index (χ4n) is 2.53. The number of ether oxygens (including phenoxy) is 2. The summed E-state index contributed by atoms with van der Waals surface area (Å²) in [5, 5.41) is 1.36. The van der Waals surface area contributed by atoms with E-state index in [4.69, 9.17) is 21.1 Å². The molecule has 2 aromatic carbocycles. The van der Waals surface area contributed by atoms with E-state index in [9.17, 15) is 8.42 Å². The molecule has 140 valence electrons. The van der Waals surface area contributed by atoms with Crippen LogP contribution in [0.4, 0.5) is 0 Å². The average molecular weight is 422 g/mol. The van der Waals surface area contributed by atoms with Crippen LogP contribution in [0.5, 0.6) is 5.88 Å². The van der Waals surface area contributed by atoms with Crippen LogP contribution in [0.25, 0.3) is 21.0 Å². The molecule has 0 aliphatic carbocycles. The summed E-state index contributed by atoms with van der Waals surface area (Å²) in [7, 11) is -3.25. The number of hydrogen-bond donors (Lipinski definition) is 0. The van der Waals surface area contributed by atoms with Gasteiger partial charge in [-0.2, -0.15) is 0 Å². The summed E-state index contributed by atoms with van der Waals surface area (Å²) in [5.41, 5.74) is 1.67. The van der Waals surface area contributed by atoms with Crippen molar-refractivity contribution in [1.82, 2.24) is 4.98 Å². The number of sulfone groups is 1. The lowest BCUT2D eigenvalue weighted by atomic mass is 10.2. The minimum atomic E-state index is -3.25. The van der Waals surface area contributed by atoms with Crippen molar-refractivity contribution in [2.45, 2.75) is 11.0 Å². The highest BCUT2D eigenvalue weighted by Crippen LogP contribution is 2.42. The van der Waals surface area contributed by atoms with Crippen molar-refractivity contribution >= 4 is 32.8 Å². The number of hydrogen-bond acceptors (Lipinski definition) is 6. The Morgan fingerprint density at radius 2 is 1.93 bits per heavy atom. The van der Waals surface area contributed by atoms with Gasteiger partial charge in [0.1, 0.15) is 17.7 Å². The third-order valence-electron chi connectivity index (χ3n) is 4.05. The van der Waals surface area contributed by atoms with E-state index in [0.717, 1.165) is 21.0 Å².